The molecule has 0 bridgehead atoms. The van der Waals surface area contributed by atoms with Crippen molar-refractivity contribution >= 4 is 35.1 Å². The number of pyridine rings is 1. The van der Waals surface area contributed by atoms with Crippen molar-refractivity contribution < 1.29 is 22.3 Å². The van der Waals surface area contributed by atoms with Crippen LogP contribution in [0.3, 0.4) is 0 Å². The fraction of sp³-hybridized carbons (Fsp3) is 0.368. The largest absolute Gasteiger partial charge is 0.496 e. The molecule has 0 spiro atoms. The number of sulfone groups is 1. The summed E-state index contributed by atoms with van der Waals surface area (Å²) in [5.74, 6) is -0.601. The summed E-state index contributed by atoms with van der Waals surface area (Å²) in [5, 5.41) is 5.70. The molecule has 1 aromatic heterocycles. The van der Waals surface area contributed by atoms with Gasteiger partial charge in [-0.1, -0.05) is 0 Å². The van der Waals surface area contributed by atoms with E-state index in [9.17, 15) is 17.6 Å². The molecule has 1 fully saturated rings. The zero-order chi connectivity index (χ0) is 20.3. The molecule has 0 aliphatic carbocycles. The van der Waals surface area contributed by atoms with E-state index in [4.69, 9.17) is 4.74 Å². The van der Waals surface area contributed by atoms with Crippen molar-refractivity contribution in [3.05, 3.63) is 47.4 Å². The SMILES string of the molecule is COc1ccc(S(=O)(=O)C[C@H]2CCNC2)cc1C(=O)Nc1ccc(F)c(C)n1.S. The minimum atomic E-state index is -3.55. The van der Waals surface area contributed by atoms with E-state index >= 15 is 0 Å². The minimum Gasteiger partial charge on any atom is -0.496 e. The van der Waals surface area contributed by atoms with Crippen molar-refractivity contribution in [3.8, 4) is 5.75 Å². The summed E-state index contributed by atoms with van der Waals surface area (Å²) in [4.78, 5) is 16.7. The first-order chi connectivity index (χ1) is 13.3. The Morgan fingerprint density at radius 2 is 2.10 bits per heavy atom. The molecule has 29 heavy (non-hydrogen) atoms. The molecule has 158 valence electrons. The van der Waals surface area contributed by atoms with Crippen LogP contribution in [0.15, 0.2) is 35.2 Å². The molecule has 10 heteroatoms. The Morgan fingerprint density at radius 3 is 2.72 bits per heavy atom. The van der Waals surface area contributed by atoms with E-state index in [-0.39, 0.29) is 52.9 Å². The number of nitrogens with zero attached hydrogens (tertiary/aromatic N) is 1. The Morgan fingerprint density at radius 1 is 1.34 bits per heavy atom. The number of halogens is 1. The van der Waals surface area contributed by atoms with Crippen LogP contribution in [0.1, 0.15) is 22.5 Å². The van der Waals surface area contributed by atoms with Crippen LogP contribution < -0.4 is 15.4 Å². The number of methoxy groups -OCH3 is 1. The minimum absolute atomic E-state index is 0. The number of aryl methyl sites for hydroxylation is 1. The summed E-state index contributed by atoms with van der Waals surface area (Å²) in [7, 11) is -2.16. The second-order valence-electron chi connectivity index (χ2n) is 6.72. The smallest absolute Gasteiger partial charge is 0.260 e. The molecular weight excluding hydrogens is 417 g/mol. The van der Waals surface area contributed by atoms with E-state index in [1.54, 1.807) is 0 Å². The Bertz CT molecular complexity index is 993. The number of hydrogen-bond acceptors (Lipinski definition) is 6. The zero-order valence-electron chi connectivity index (χ0n) is 16.2. The lowest BCUT2D eigenvalue weighted by Crippen LogP contribution is -2.20. The molecule has 1 saturated heterocycles. The highest BCUT2D eigenvalue weighted by Crippen LogP contribution is 2.26. The number of benzene rings is 1. The van der Waals surface area contributed by atoms with E-state index in [2.05, 4.69) is 15.6 Å². The molecule has 2 N–H and O–H groups in total. The van der Waals surface area contributed by atoms with Crippen molar-refractivity contribution in [3.63, 3.8) is 0 Å². The maximum absolute atomic E-state index is 13.4. The summed E-state index contributed by atoms with van der Waals surface area (Å²) in [6.07, 6.45) is 0.804. The number of amides is 1. The van der Waals surface area contributed by atoms with Gasteiger partial charge in [0, 0.05) is 0 Å². The predicted molar refractivity (Wildman–Crippen MR) is 113 cm³/mol. The van der Waals surface area contributed by atoms with Gasteiger partial charge in [-0.2, -0.15) is 13.5 Å². The van der Waals surface area contributed by atoms with Crippen LogP contribution in [0, 0.1) is 18.7 Å². The van der Waals surface area contributed by atoms with Gasteiger partial charge in [-0.15, -0.1) is 0 Å². The predicted octanol–water partition coefficient (Wildman–Crippen LogP) is 2.29. The standard InChI is InChI=1S/C19H22FN3O4S.H2S/c1-12-16(20)4-6-18(22-12)23-19(24)15-9-14(3-5-17(15)27-2)28(25,26)11-13-7-8-21-10-13;/h3-6,9,13,21H,7-8,10-11H2,1-2H3,(H,22,23,24);1H2/t13-;/m0./s1. The van der Waals surface area contributed by atoms with Gasteiger partial charge in [0.2, 0.25) is 0 Å². The van der Waals surface area contributed by atoms with Crippen LogP contribution in [0.5, 0.6) is 5.75 Å². The van der Waals surface area contributed by atoms with Gasteiger partial charge < -0.3 is 15.4 Å². The molecule has 7 nitrogen and oxygen atoms in total. The highest BCUT2D eigenvalue weighted by molar-refractivity contribution is 7.91. The molecule has 2 aromatic rings. The van der Waals surface area contributed by atoms with Gasteiger partial charge in [-0.05, 0) is 62.7 Å². The molecule has 1 aromatic carbocycles. The van der Waals surface area contributed by atoms with Gasteiger partial charge in [0.05, 0.1) is 29.0 Å². The van der Waals surface area contributed by atoms with Crippen molar-refractivity contribution in [2.45, 2.75) is 18.2 Å². The average molecular weight is 442 g/mol. The monoisotopic (exact) mass is 441 g/mol. The first-order valence-electron chi connectivity index (χ1n) is 8.86. The first kappa shape index (κ1) is 23.1. The fourth-order valence-electron chi connectivity index (χ4n) is 3.12. The molecule has 3 rings (SSSR count). The maximum Gasteiger partial charge on any atom is 0.260 e. The maximum atomic E-state index is 13.4. The Balaban J connectivity index is 0.00000300. The molecular formula is C19H24FN3O4S2. The van der Waals surface area contributed by atoms with Gasteiger partial charge in [0.25, 0.3) is 5.91 Å². The van der Waals surface area contributed by atoms with Crippen LogP contribution in [0.2, 0.25) is 0 Å². The van der Waals surface area contributed by atoms with Gasteiger partial charge >= 0.3 is 0 Å². The number of rotatable bonds is 6. The quantitative estimate of drug-likeness (QED) is 0.714. The lowest BCUT2D eigenvalue weighted by Gasteiger charge is -2.13. The number of carbonyl (C=O) groups is 1. The lowest BCUT2D eigenvalue weighted by molar-refractivity contribution is 0.102. The molecule has 1 aliphatic heterocycles. The zero-order valence-corrected chi connectivity index (χ0v) is 18.0. The number of ether oxygens (including phenoxy) is 1. The molecule has 1 amide bonds. The van der Waals surface area contributed by atoms with Crippen LogP contribution >= 0.6 is 13.5 Å². The second kappa shape index (κ2) is 9.55. The normalized spacial score (nSPS) is 16.2. The Kier molecular flexibility index (Phi) is 7.61. The molecule has 1 aliphatic rings. The van der Waals surface area contributed by atoms with Gasteiger partial charge in [0.15, 0.2) is 9.84 Å². The summed E-state index contributed by atoms with van der Waals surface area (Å²) in [6, 6.07) is 6.74. The van der Waals surface area contributed by atoms with E-state index in [0.29, 0.717) is 6.54 Å². The number of hydrogen-bond donors (Lipinski definition) is 2. The number of carbonyl (C=O) groups excluding carboxylic acids is 1. The molecule has 1 atom stereocenters. The topological polar surface area (TPSA) is 97.4 Å². The Hall–Kier alpha value is -2.17. The van der Waals surface area contributed by atoms with Crippen LogP contribution in [0.4, 0.5) is 10.2 Å². The van der Waals surface area contributed by atoms with E-state index < -0.39 is 21.6 Å². The first-order valence-corrected chi connectivity index (χ1v) is 10.5. The summed E-state index contributed by atoms with van der Waals surface area (Å²) < 4.78 is 44.1. The second-order valence-corrected chi connectivity index (χ2v) is 8.75. The molecule has 0 radical (unpaired) electrons. The van der Waals surface area contributed by atoms with E-state index in [1.165, 1.54) is 44.4 Å². The summed E-state index contributed by atoms with van der Waals surface area (Å²) in [6.45, 7) is 2.95. The third-order valence-corrected chi connectivity index (χ3v) is 6.54. The van der Waals surface area contributed by atoms with Crippen LogP contribution in [0.25, 0.3) is 0 Å². The summed E-state index contributed by atoms with van der Waals surface area (Å²) >= 11 is 0. The third kappa shape index (κ3) is 5.46. The van der Waals surface area contributed by atoms with E-state index in [1.807, 2.05) is 0 Å². The van der Waals surface area contributed by atoms with Crippen molar-refractivity contribution in [2.75, 3.05) is 31.3 Å². The van der Waals surface area contributed by atoms with Crippen molar-refractivity contribution in [2.24, 2.45) is 5.92 Å². The lowest BCUT2D eigenvalue weighted by atomic mass is 10.2. The highest BCUT2D eigenvalue weighted by atomic mass is 32.2. The van der Waals surface area contributed by atoms with Crippen molar-refractivity contribution in [1.29, 1.82) is 0 Å². The van der Waals surface area contributed by atoms with Crippen LogP contribution in [-0.4, -0.2) is 45.3 Å². The van der Waals surface area contributed by atoms with Gasteiger partial charge in [-0.3, -0.25) is 4.79 Å². The Labute approximate surface area is 176 Å². The average Bonchev–Trinajstić information content (AvgIpc) is 3.16. The van der Waals surface area contributed by atoms with Gasteiger partial charge in [0.1, 0.15) is 17.4 Å². The molecule has 0 unspecified atom stereocenters. The van der Waals surface area contributed by atoms with E-state index in [0.717, 1.165) is 13.0 Å². The van der Waals surface area contributed by atoms with Crippen molar-refractivity contribution in [1.82, 2.24) is 10.3 Å². The number of nitrogens with one attached hydrogen (secondary N) is 2. The molecule has 0 saturated carbocycles. The highest BCUT2D eigenvalue weighted by Gasteiger charge is 2.26. The third-order valence-electron chi connectivity index (χ3n) is 4.66. The number of anilines is 1. The fourth-order valence-corrected chi connectivity index (χ4v) is 4.79. The van der Waals surface area contributed by atoms with Gasteiger partial charge in [-0.25, -0.2) is 17.8 Å². The number of aromatic nitrogens is 1. The summed E-state index contributed by atoms with van der Waals surface area (Å²) in [5.41, 5.74) is 0.211. The van der Waals surface area contributed by atoms with Crippen LogP contribution in [-0.2, 0) is 9.84 Å². The molecule has 2 heterocycles.